The molecule has 0 aliphatic heterocycles. The summed E-state index contributed by atoms with van der Waals surface area (Å²) in [5.41, 5.74) is 2.35. The van der Waals surface area contributed by atoms with Crippen molar-refractivity contribution in [2.45, 2.75) is 52.5 Å². The molecule has 2 aromatic rings. The fourth-order valence-electron chi connectivity index (χ4n) is 2.49. The lowest BCUT2D eigenvalue weighted by Gasteiger charge is -2.03. The first-order valence-electron chi connectivity index (χ1n) is 8.26. The quantitative estimate of drug-likeness (QED) is 0.546. The van der Waals surface area contributed by atoms with Gasteiger partial charge in [-0.15, -0.1) is 0 Å². The zero-order valence-corrected chi connectivity index (χ0v) is 15.2. The van der Waals surface area contributed by atoms with Gasteiger partial charge in [-0.05, 0) is 49.7 Å². The highest BCUT2D eigenvalue weighted by molar-refractivity contribution is 9.10. The first-order valence-corrected chi connectivity index (χ1v) is 9.06. The van der Waals surface area contributed by atoms with E-state index in [4.69, 9.17) is 4.42 Å². The van der Waals surface area contributed by atoms with Gasteiger partial charge in [-0.3, -0.25) is 0 Å². The topological polar surface area (TPSA) is 25.2 Å². The average molecular weight is 364 g/mol. The summed E-state index contributed by atoms with van der Waals surface area (Å²) < 4.78 is 7.06. The molecule has 0 amide bonds. The number of rotatable bonds is 9. The second-order valence-electron chi connectivity index (χ2n) is 5.82. The SMILES string of the molecule is CCCCCCCNCc1ccc(-c2ccc(Br)c(C)c2)o1. The van der Waals surface area contributed by atoms with Crippen LogP contribution in [0.5, 0.6) is 0 Å². The summed E-state index contributed by atoms with van der Waals surface area (Å²) in [6.07, 6.45) is 6.58. The second kappa shape index (κ2) is 9.16. The smallest absolute Gasteiger partial charge is 0.134 e. The van der Waals surface area contributed by atoms with Crippen molar-refractivity contribution >= 4 is 15.9 Å². The molecule has 1 heterocycles. The van der Waals surface area contributed by atoms with E-state index in [1.54, 1.807) is 0 Å². The van der Waals surface area contributed by atoms with Crippen LogP contribution in [0, 0.1) is 6.92 Å². The van der Waals surface area contributed by atoms with Crippen molar-refractivity contribution in [3.8, 4) is 11.3 Å². The van der Waals surface area contributed by atoms with Crippen LogP contribution in [0.2, 0.25) is 0 Å². The Morgan fingerprint density at radius 3 is 2.64 bits per heavy atom. The molecule has 0 saturated carbocycles. The molecule has 0 aliphatic rings. The minimum atomic E-state index is 0.809. The summed E-state index contributed by atoms with van der Waals surface area (Å²) >= 11 is 3.53. The van der Waals surface area contributed by atoms with Crippen molar-refractivity contribution < 1.29 is 4.42 Å². The van der Waals surface area contributed by atoms with Gasteiger partial charge in [-0.25, -0.2) is 0 Å². The van der Waals surface area contributed by atoms with Gasteiger partial charge in [0.15, 0.2) is 0 Å². The highest BCUT2D eigenvalue weighted by Gasteiger charge is 2.06. The number of furan rings is 1. The summed E-state index contributed by atoms with van der Waals surface area (Å²) in [5, 5.41) is 3.46. The number of benzene rings is 1. The van der Waals surface area contributed by atoms with Crippen molar-refractivity contribution in [1.29, 1.82) is 0 Å². The lowest BCUT2D eigenvalue weighted by atomic mass is 10.1. The van der Waals surface area contributed by atoms with Gasteiger partial charge in [0, 0.05) is 10.0 Å². The minimum Gasteiger partial charge on any atom is -0.460 e. The molecular formula is C19H26BrNO. The van der Waals surface area contributed by atoms with Crippen LogP contribution in [0.3, 0.4) is 0 Å². The Bertz CT molecular complexity index is 577. The number of hydrogen-bond acceptors (Lipinski definition) is 2. The first kappa shape index (κ1) is 17.3. The first-order chi connectivity index (χ1) is 10.7. The molecule has 1 aromatic carbocycles. The standard InChI is InChI=1S/C19H26BrNO/c1-3-4-5-6-7-12-21-14-17-9-11-19(22-17)16-8-10-18(20)15(2)13-16/h8-11,13,21H,3-7,12,14H2,1-2H3. The average Bonchev–Trinajstić information content (AvgIpc) is 2.98. The zero-order valence-electron chi connectivity index (χ0n) is 13.6. The maximum atomic E-state index is 5.93. The van der Waals surface area contributed by atoms with Crippen molar-refractivity contribution in [2.75, 3.05) is 6.54 Å². The van der Waals surface area contributed by atoms with Gasteiger partial charge in [0.1, 0.15) is 11.5 Å². The maximum absolute atomic E-state index is 5.93. The molecule has 0 aliphatic carbocycles. The molecule has 0 bridgehead atoms. The van der Waals surface area contributed by atoms with Gasteiger partial charge in [0.25, 0.3) is 0 Å². The van der Waals surface area contributed by atoms with Crippen LogP contribution in [0.4, 0.5) is 0 Å². The predicted octanol–water partition coefficient (Wildman–Crippen LogP) is 6.08. The number of nitrogens with one attached hydrogen (secondary N) is 1. The van der Waals surface area contributed by atoms with Crippen molar-refractivity contribution in [3.05, 3.63) is 46.1 Å². The predicted molar refractivity (Wildman–Crippen MR) is 97.0 cm³/mol. The Kier molecular flexibility index (Phi) is 7.20. The fourth-order valence-corrected chi connectivity index (χ4v) is 2.74. The van der Waals surface area contributed by atoms with E-state index in [2.05, 4.69) is 65.4 Å². The molecule has 1 N–H and O–H groups in total. The van der Waals surface area contributed by atoms with Crippen LogP contribution in [-0.2, 0) is 6.54 Å². The summed E-state index contributed by atoms with van der Waals surface area (Å²) in [5.74, 6) is 1.94. The molecule has 120 valence electrons. The van der Waals surface area contributed by atoms with Crippen LogP contribution in [-0.4, -0.2) is 6.54 Å². The van der Waals surface area contributed by atoms with E-state index in [0.29, 0.717) is 0 Å². The Hall–Kier alpha value is -1.06. The Balaban J connectivity index is 1.78. The molecule has 22 heavy (non-hydrogen) atoms. The van der Waals surface area contributed by atoms with Gasteiger partial charge in [-0.2, -0.15) is 0 Å². The van der Waals surface area contributed by atoms with Crippen molar-refractivity contribution in [1.82, 2.24) is 5.32 Å². The van der Waals surface area contributed by atoms with Gasteiger partial charge >= 0.3 is 0 Å². The van der Waals surface area contributed by atoms with E-state index in [0.717, 1.165) is 34.6 Å². The van der Waals surface area contributed by atoms with Crippen molar-refractivity contribution in [3.63, 3.8) is 0 Å². The molecule has 0 spiro atoms. The normalized spacial score (nSPS) is 11.0. The molecule has 2 nitrogen and oxygen atoms in total. The van der Waals surface area contributed by atoms with Crippen LogP contribution >= 0.6 is 15.9 Å². The van der Waals surface area contributed by atoms with Gasteiger partial charge in [0.2, 0.25) is 0 Å². The Morgan fingerprint density at radius 1 is 1.05 bits per heavy atom. The van der Waals surface area contributed by atoms with Gasteiger partial charge < -0.3 is 9.73 Å². The van der Waals surface area contributed by atoms with E-state index in [-0.39, 0.29) is 0 Å². The number of hydrogen-bond donors (Lipinski definition) is 1. The minimum absolute atomic E-state index is 0.809. The number of halogens is 1. The van der Waals surface area contributed by atoms with E-state index >= 15 is 0 Å². The fraction of sp³-hybridized carbons (Fsp3) is 0.474. The molecule has 3 heteroatoms. The van der Waals surface area contributed by atoms with Gasteiger partial charge in [0.05, 0.1) is 6.54 Å². The summed E-state index contributed by atoms with van der Waals surface area (Å²) in [6, 6.07) is 10.4. The summed E-state index contributed by atoms with van der Waals surface area (Å²) in [4.78, 5) is 0. The van der Waals surface area contributed by atoms with E-state index < -0.39 is 0 Å². The monoisotopic (exact) mass is 363 g/mol. The Labute approximate surface area is 142 Å². The molecule has 1 aromatic heterocycles. The molecule has 0 unspecified atom stereocenters. The highest BCUT2D eigenvalue weighted by atomic mass is 79.9. The third-order valence-electron chi connectivity index (χ3n) is 3.86. The van der Waals surface area contributed by atoms with E-state index in [1.807, 2.05) is 0 Å². The largest absolute Gasteiger partial charge is 0.460 e. The third-order valence-corrected chi connectivity index (χ3v) is 4.75. The molecule has 2 rings (SSSR count). The third kappa shape index (κ3) is 5.29. The maximum Gasteiger partial charge on any atom is 0.134 e. The Morgan fingerprint density at radius 2 is 1.86 bits per heavy atom. The lowest BCUT2D eigenvalue weighted by molar-refractivity contribution is 0.486. The van der Waals surface area contributed by atoms with Crippen LogP contribution < -0.4 is 5.32 Å². The van der Waals surface area contributed by atoms with Crippen LogP contribution in [0.1, 0.15) is 50.4 Å². The second-order valence-corrected chi connectivity index (χ2v) is 6.68. The lowest BCUT2D eigenvalue weighted by Crippen LogP contribution is -2.14. The summed E-state index contributed by atoms with van der Waals surface area (Å²) in [6.45, 7) is 6.22. The van der Waals surface area contributed by atoms with E-state index in [9.17, 15) is 0 Å². The van der Waals surface area contributed by atoms with Gasteiger partial charge in [-0.1, -0.05) is 54.6 Å². The molecule has 0 atom stereocenters. The van der Waals surface area contributed by atoms with Crippen LogP contribution in [0.25, 0.3) is 11.3 Å². The number of unbranched alkanes of at least 4 members (excludes halogenated alkanes) is 4. The van der Waals surface area contributed by atoms with Crippen LogP contribution in [0.15, 0.2) is 39.2 Å². The zero-order chi connectivity index (χ0) is 15.8. The van der Waals surface area contributed by atoms with Crippen molar-refractivity contribution in [2.24, 2.45) is 0 Å². The molecular weight excluding hydrogens is 338 g/mol. The molecule has 0 radical (unpaired) electrons. The molecule has 0 fully saturated rings. The van der Waals surface area contributed by atoms with E-state index in [1.165, 1.54) is 37.7 Å². The summed E-state index contributed by atoms with van der Waals surface area (Å²) in [7, 11) is 0. The highest BCUT2D eigenvalue weighted by Crippen LogP contribution is 2.26. The molecule has 0 saturated heterocycles. The number of aryl methyl sites for hydroxylation is 1.